The summed E-state index contributed by atoms with van der Waals surface area (Å²) >= 11 is 0. The van der Waals surface area contributed by atoms with Gasteiger partial charge in [-0.25, -0.2) is 25.1 Å². The molecule has 3 rings (SSSR count). The molecule has 0 saturated carbocycles. The van der Waals surface area contributed by atoms with Crippen LogP contribution in [0.2, 0.25) is 0 Å². The number of aryl methyl sites for hydroxylation is 1. The van der Waals surface area contributed by atoms with Gasteiger partial charge in [-0.1, -0.05) is 0 Å². The first-order chi connectivity index (χ1) is 16.0. The number of hydrogen-bond acceptors (Lipinski definition) is 4. The van der Waals surface area contributed by atoms with Crippen LogP contribution in [0, 0.1) is 25.1 Å². The number of pyridine rings is 2. The topological polar surface area (TPSA) is 100 Å². The molecule has 3 aromatic rings. The van der Waals surface area contributed by atoms with E-state index in [0.29, 0.717) is 40.5 Å². The van der Waals surface area contributed by atoms with Crippen molar-refractivity contribution < 1.29 is 18.4 Å². The number of carbonyl (C=O) groups is 2. The van der Waals surface area contributed by atoms with E-state index in [1.165, 1.54) is 19.2 Å². The molecule has 0 aliphatic rings. The van der Waals surface area contributed by atoms with Gasteiger partial charge in [-0.05, 0) is 19.1 Å². The van der Waals surface area contributed by atoms with E-state index in [0.717, 1.165) is 0 Å². The van der Waals surface area contributed by atoms with Crippen LogP contribution in [-0.2, 0) is 4.79 Å². The molecule has 176 valence electrons. The molecule has 10 heteroatoms. The summed E-state index contributed by atoms with van der Waals surface area (Å²) in [4.78, 5) is 35.5. The number of fused-ring (bicyclic) bond motifs is 1. The summed E-state index contributed by atoms with van der Waals surface area (Å²) in [5, 5.41) is 8.13. The molecule has 0 unspecified atom stereocenters. The molecular formula is C24H24F2N6O2. The van der Waals surface area contributed by atoms with E-state index < -0.39 is 23.2 Å². The van der Waals surface area contributed by atoms with Crippen LogP contribution in [-0.4, -0.2) is 34.0 Å². The zero-order chi connectivity index (χ0) is 25.0. The zero-order valence-corrected chi connectivity index (χ0v) is 19.2. The third kappa shape index (κ3) is 5.81. The van der Waals surface area contributed by atoms with E-state index in [4.69, 9.17) is 6.57 Å². The lowest BCUT2D eigenvalue weighted by molar-refractivity contribution is -0.114. The largest absolute Gasteiger partial charge is 0.338 e. The van der Waals surface area contributed by atoms with Gasteiger partial charge in [0, 0.05) is 74.3 Å². The minimum Gasteiger partial charge on any atom is -0.338 e. The highest BCUT2D eigenvalue weighted by Crippen LogP contribution is 2.32. The third-order valence-electron chi connectivity index (χ3n) is 5.11. The monoisotopic (exact) mass is 466 g/mol. The van der Waals surface area contributed by atoms with Crippen molar-refractivity contribution in [2.45, 2.75) is 39.7 Å². The molecule has 0 fully saturated rings. The highest BCUT2D eigenvalue weighted by Gasteiger charge is 2.22. The molecule has 0 spiro atoms. The van der Waals surface area contributed by atoms with E-state index in [-0.39, 0.29) is 23.7 Å². The summed E-state index contributed by atoms with van der Waals surface area (Å²) in [5.74, 6) is -1.67. The van der Waals surface area contributed by atoms with Crippen molar-refractivity contribution in [3.8, 4) is 11.1 Å². The molecule has 2 heterocycles. The highest BCUT2D eigenvalue weighted by atomic mass is 19.1. The lowest BCUT2D eigenvalue weighted by atomic mass is 10.0. The smallest absolute Gasteiger partial charge is 0.319 e. The Morgan fingerprint density at radius 1 is 1.09 bits per heavy atom. The van der Waals surface area contributed by atoms with Crippen molar-refractivity contribution in [2.75, 3.05) is 17.2 Å². The number of nitrogens with one attached hydrogen (secondary N) is 3. The molecule has 0 atom stereocenters. The van der Waals surface area contributed by atoms with Crippen molar-refractivity contribution in [3.63, 3.8) is 0 Å². The van der Waals surface area contributed by atoms with E-state index in [1.54, 1.807) is 32.9 Å². The fraction of sp³-hybridized carbons (Fsp3) is 0.292. The van der Waals surface area contributed by atoms with Crippen molar-refractivity contribution in [2.24, 2.45) is 0 Å². The predicted octanol–water partition coefficient (Wildman–Crippen LogP) is 5.05. The third-order valence-corrected chi connectivity index (χ3v) is 5.11. The highest BCUT2D eigenvalue weighted by molar-refractivity contribution is 5.93. The van der Waals surface area contributed by atoms with Crippen LogP contribution < -0.4 is 16.0 Å². The summed E-state index contributed by atoms with van der Waals surface area (Å²) in [5.41, 5.74) is 0.652. The summed E-state index contributed by atoms with van der Waals surface area (Å²) in [7, 11) is 0. The van der Waals surface area contributed by atoms with Gasteiger partial charge in [-0.15, -0.1) is 0 Å². The lowest BCUT2D eigenvalue weighted by Crippen LogP contribution is -2.33. The molecule has 0 bridgehead atoms. The Morgan fingerprint density at radius 3 is 2.50 bits per heavy atom. The molecule has 0 aliphatic heterocycles. The first kappa shape index (κ1) is 24.5. The average Bonchev–Trinajstić information content (AvgIpc) is 2.75. The number of nitrogens with zero attached hydrogens (tertiary/aromatic N) is 3. The first-order valence-corrected chi connectivity index (χ1v) is 10.5. The first-order valence-electron chi connectivity index (χ1n) is 10.5. The van der Waals surface area contributed by atoms with Gasteiger partial charge in [0.2, 0.25) is 11.4 Å². The Bertz CT molecular complexity index is 1320. The number of benzene rings is 1. The van der Waals surface area contributed by atoms with Gasteiger partial charge in [0.25, 0.3) is 0 Å². The number of aromatic nitrogens is 2. The number of halogens is 2. The number of rotatable bonds is 6. The Balaban J connectivity index is 1.88. The summed E-state index contributed by atoms with van der Waals surface area (Å²) < 4.78 is 29.1. The maximum absolute atomic E-state index is 14.7. The predicted molar refractivity (Wildman–Crippen MR) is 126 cm³/mol. The summed E-state index contributed by atoms with van der Waals surface area (Å²) in [6, 6.07) is 4.51. The van der Waals surface area contributed by atoms with Gasteiger partial charge in [-0.2, -0.15) is 0 Å². The molecule has 2 aromatic heterocycles. The molecule has 0 radical (unpaired) electrons. The number of anilines is 2. The molecule has 8 nitrogen and oxygen atoms in total. The fourth-order valence-electron chi connectivity index (χ4n) is 3.24. The van der Waals surface area contributed by atoms with Gasteiger partial charge < -0.3 is 20.8 Å². The molecule has 1 aromatic carbocycles. The number of urea groups is 1. The molecule has 34 heavy (non-hydrogen) atoms. The minimum absolute atomic E-state index is 0.0590. The lowest BCUT2D eigenvalue weighted by Gasteiger charge is -2.14. The quantitative estimate of drug-likeness (QED) is 0.443. The van der Waals surface area contributed by atoms with Crippen molar-refractivity contribution in [1.29, 1.82) is 0 Å². The Hall–Kier alpha value is -4.13. The maximum atomic E-state index is 14.7. The summed E-state index contributed by atoms with van der Waals surface area (Å²) in [6.45, 7) is 13.9. The van der Waals surface area contributed by atoms with E-state index in [2.05, 4.69) is 30.8 Å². The van der Waals surface area contributed by atoms with Crippen LogP contribution >= 0.6 is 0 Å². The molecule has 3 N–H and O–H groups in total. The van der Waals surface area contributed by atoms with Crippen LogP contribution in [0.4, 0.5) is 25.1 Å². The Labute approximate surface area is 195 Å². The maximum Gasteiger partial charge on any atom is 0.319 e. The van der Waals surface area contributed by atoms with Gasteiger partial charge >= 0.3 is 6.03 Å². The van der Waals surface area contributed by atoms with Gasteiger partial charge in [0.15, 0.2) is 0 Å². The number of carbonyl (C=O) groups excluding carboxylic acids is 2. The minimum atomic E-state index is -0.925. The van der Waals surface area contributed by atoms with Crippen LogP contribution in [0.1, 0.15) is 32.9 Å². The van der Waals surface area contributed by atoms with Gasteiger partial charge in [-0.3, -0.25) is 9.78 Å². The molecule has 0 saturated heterocycles. The number of hydrogen-bond donors (Lipinski definition) is 3. The van der Waals surface area contributed by atoms with E-state index in [9.17, 15) is 18.4 Å². The van der Waals surface area contributed by atoms with E-state index in [1.807, 2.05) is 0 Å². The molecule has 3 amide bonds. The summed E-state index contributed by atoms with van der Waals surface area (Å²) in [6.07, 6.45) is 1.91. The second-order valence-electron chi connectivity index (χ2n) is 8.43. The second kappa shape index (κ2) is 9.79. The zero-order valence-electron chi connectivity index (χ0n) is 19.2. The van der Waals surface area contributed by atoms with Crippen LogP contribution in [0.15, 0.2) is 30.5 Å². The van der Waals surface area contributed by atoms with Gasteiger partial charge in [0.05, 0.1) is 11.2 Å². The average molecular weight is 466 g/mol. The van der Waals surface area contributed by atoms with Crippen molar-refractivity contribution >= 4 is 34.3 Å². The van der Waals surface area contributed by atoms with Crippen LogP contribution in [0.25, 0.3) is 26.9 Å². The molecular weight excluding hydrogens is 442 g/mol. The number of amides is 3. The standard InChI is InChI=1S/C24H24F2N6O2/c1-13-16(8-15-12-29-22(31-14(2)33)11-20(15)30-13)17-9-21(19(26)10-18(17)25)32-23(34)28-7-6-24(3,4)27-5/h8-12H,6-7H2,1-4H3,(H2,28,32,34)(H,29,31,33). The molecule has 0 aliphatic carbocycles. The fourth-order valence-corrected chi connectivity index (χ4v) is 3.24. The second-order valence-corrected chi connectivity index (χ2v) is 8.43. The Morgan fingerprint density at radius 2 is 1.82 bits per heavy atom. The van der Waals surface area contributed by atoms with Crippen LogP contribution in [0.5, 0.6) is 0 Å². The van der Waals surface area contributed by atoms with Gasteiger partial charge in [0.1, 0.15) is 17.5 Å². The van der Waals surface area contributed by atoms with E-state index >= 15 is 0 Å². The normalized spacial score (nSPS) is 11.1. The van der Waals surface area contributed by atoms with Crippen molar-refractivity contribution in [1.82, 2.24) is 15.3 Å². The SMILES string of the molecule is [C-]#[N+]C(C)(C)CCNC(=O)Nc1cc(-c2cc3cnc(NC(C)=O)cc3nc2C)c(F)cc1F. The van der Waals surface area contributed by atoms with Crippen molar-refractivity contribution in [3.05, 3.63) is 59.2 Å². The Kier molecular flexibility index (Phi) is 7.05. The van der Waals surface area contributed by atoms with Crippen LogP contribution in [0.3, 0.4) is 0 Å².